The summed E-state index contributed by atoms with van der Waals surface area (Å²) < 4.78 is 18.6. The largest absolute Gasteiger partial charge is 0.385 e. The summed E-state index contributed by atoms with van der Waals surface area (Å²) in [5.74, 6) is -0.612. The van der Waals surface area contributed by atoms with Crippen LogP contribution in [0.5, 0.6) is 0 Å². The average molecular weight is 470 g/mol. The normalized spacial score (nSPS) is 10.6. The van der Waals surface area contributed by atoms with Gasteiger partial charge >= 0.3 is 6.03 Å². The lowest BCUT2D eigenvalue weighted by molar-refractivity contribution is -0.133. The molecule has 0 unspecified atom stereocenters. The summed E-state index contributed by atoms with van der Waals surface area (Å²) >= 11 is 1.59. The monoisotopic (exact) mass is 469 g/mol. The number of nitrogens with one attached hydrogen (secondary N) is 1. The van der Waals surface area contributed by atoms with Gasteiger partial charge in [0.05, 0.1) is 6.54 Å². The smallest absolute Gasteiger partial charge is 0.322 e. The van der Waals surface area contributed by atoms with Crippen LogP contribution in [0.25, 0.3) is 0 Å². The van der Waals surface area contributed by atoms with Crippen molar-refractivity contribution in [2.75, 3.05) is 32.1 Å². The molecule has 174 valence electrons. The van der Waals surface area contributed by atoms with E-state index in [0.29, 0.717) is 38.3 Å². The number of carbonyl (C=O) groups is 2. The first-order valence-electron chi connectivity index (χ1n) is 10.7. The summed E-state index contributed by atoms with van der Waals surface area (Å²) in [4.78, 5) is 30.5. The Morgan fingerprint density at radius 1 is 1.00 bits per heavy atom. The molecule has 8 heteroatoms. The molecule has 33 heavy (non-hydrogen) atoms. The first kappa shape index (κ1) is 24.4. The third-order valence-corrected chi connectivity index (χ3v) is 5.82. The number of thiophene rings is 1. The van der Waals surface area contributed by atoms with Gasteiger partial charge in [-0.05, 0) is 41.6 Å². The SMILES string of the molecule is COCCCN(CC(=O)N(Cc1ccccc1)Cc1cccs1)C(=O)Nc1cccc(F)c1. The lowest BCUT2D eigenvalue weighted by Gasteiger charge is -2.28. The molecule has 0 radical (unpaired) electrons. The molecule has 0 aliphatic heterocycles. The first-order valence-corrected chi connectivity index (χ1v) is 11.6. The van der Waals surface area contributed by atoms with Crippen molar-refractivity contribution < 1.29 is 18.7 Å². The molecule has 0 spiro atoms. The van der Waals surface area contributed by atoms with Crippen molar-refractivity contribution in [1.82, 2.24) is 9.80 Å². The summed E-state index contributed by atoms with van der Waals surface area (Å²) in [5.41, 5.74) is 1.35. The third-order valence-electron chi connectivity index (χ3n) is 4.96. The predicted octanol–water partition coefficient (Wildman–Crippen LogP) is 4.99. The van der Waals surface area contributed by atoms with Gasteiger partial charge in [0.1, 0.15) is 12.4 Å². The van der Waals surface area contributed by atoms with Crippen LogP contribution in [0.3, 0.4) is 0 Å². The number of hydrogen-bond donors (Lipinski definition) is 1. The van der Waals surface area contributed by atoms with Gasteiger partial charge in [-0.1, -0.05) is 42.5 Å². The number of urea groups is 1. The lowest BCUT2D eigenvalue weighted by atomic mass is 10.2. The van der Waals surface area contributed by atoms with Gasteiger partial charge in [-0.2, -0.15) is 0 Å². The molecule has 3 aromatic rings. The van der Waals surface area contributed by atoms with Gasteiger partial charge in [0.15, 0.2) is 0 Å². The van der Waals surface area contributed by atoms with Crippen molar-refractivity contribution in [3.63, 3.8) is 0 Å². The minimum atomic E-state index is -0.458. The summed E-state index contributed by atoms with van der Waals surface area (Å²) in [5, 5.41) is 4.66. The second kappa shape index (κ2) is 12.7. The minimum Gasteiger partial charge on any atom is -0.385 e. The zero-order valence-electron chi connectivity index (χ0n) is 18.6. The molecule has 0 fully saturated rings. The van der Waals surface area contributed by atoms with E-state index in [4.69, 9.17) is 4.74 Å². The molecule has 0 aliphatic carbocycles. The van der Waals surface area contributed by atoms with Crippen LogP contribution in [0.15, 0.2) is 72.1 Å². The maximum absolute atomic E-state index is 13.5. The Hall–Kier alpha value is -3.23. The van der Waals surface area contributed by atoms with Gasteiger partial charge in [0.25, 0.3) is 0 Å². The predicted molar refractivity (Wildman–Crippen MR) is 128 cm³/mol. The summed E-state index contributed by atoms with van der Waals surface area (Å²) in [6, 6.07) is 18.9. The minimum absolute atomic E-state index is 0.0942. The van der Waals surface area contributed by atoms with Crippen LogP contribution in [-0.2, 0) is 22.6 Å². The van der Waals surface area contributed by atoms with Gasteiger partial charge in [-0.3, -0.25) is 4.79 Å². The van der Waals surface area contributed by atoms with Crippen LogP contribution in [0.4, 0.5) is 14.9 Å². The molecule has 0 bridgehead atoms. The Labute approximate surface area is 197 Å². The number of halogens is 1. The average Bonchev–Trinajstić information content (AvgIpc) is 3.32. The molecule has 0 atom stereocenters. The fourth-order valence-electron chi connectivity index (χ4n) is 3.31. The van der Waals surface area contributed by atoms with Crippen molar-refractivity contribution in [1.29, 1.82) is 0 Å². The molecule has 2 aromatic carbocycles. The van der Waals surface area contributed by atoms with E-state index in [0.717, 1.165) is 10.4 Å². The number of anilines is 1. The van der Waals surface area contributed by atoms with Crippen molar-refractivity contribution in [2.45, 2.75) is 19.5 Å². The van der Waals surface area contributed by atoms with E-state index in [1.807, 2.05) is 47.8 Å². The Kier molecular flexibility index (Phi) is 9.41. The highest BCUT2D eigenvalue weighted by Gasteiger charge is 2.22. The second-order valence-electron chi connectivity index (χ2n) is 7.52. The molecule has 0 saturated carbocycles. The standard InChI is InChI=1S/C25H28FN3O3S/c1-32-14-7-13-28(25(31)27-22-11-5-10-21(26)16-22)19-24(30)29(18-23-12-6-15-33-23)17-20-8-3-2-4-9-20/h2-6,8-12,15-16H,7,13-14,17-19H2,1H3,(H,27,31). The molecule has 0 saturated heterocycles. The molecule has 6 nitrogen and oxygen atoms in total. The summed E-state index contributed by atoms with van der Waals surface area (Å²) in [6.07, 6.45) is 0.573. The highest BCUT2D eigenvalue weighted by molar-refractivity contribution is 7.09. The number of benzene rings is 2. The highest BCUT2D eigenvalue weighted by Crippen LogP contribution is 2.16. The Bertz CT molecular complexity index is 1010. The van der Waals surface area contributed by atoms with Crippen LogP contribution < -0.4 is 5.32 Å². The van der Waals surface area contributed by atoms with E-state index in [9.17, 15) is 14.0 Å². The highest BCUT2D eigenvalue weighted by atomic mass is 32.1. The van der Waals surface area contributed by atoms with Crippen molar-refractivity contribution in [2.24, 2.45) is 0 Å². The fraction of sp³-hybridized carbons (Fsp3) is 0.280. The number of ether oxygens (including phenoxy) is 1. The Morgan fingerprint density at radius 3 is 2.52 bits per heavy atom. The van der Waals surface area contributed by atoms with Gasteiger partial charge in [-0.25, -0.2) is 9.18 Å². The Morgan fingerprint density at radius 2 is 1.82 bits per heavy atom. The zero-order valence-corrected chi connectivity index (χ0v) is 19.4. The lowest BCUT2D eigenvalue weighted by Crippen LogP contribution is -2.44. The number of amides is 3. The molecule has 3 amide bonds. The van der Waals surface area contributed by atoms with Crippen LogP contribution in [0.1, 0.15) is 16.9 Å². The molecule has 0 aliphatic rings. The van der Waals surface area contributed by atoms with Crippen LogP contribution in [-0.4, -0.2) is 48.5 Å². The molecule has 1 N–H and O–H groups in total. The third kappa shape index (κ3) is 8.00. The molecule has 1 aromatic heterocycles. The second-order valence-corrected chi connectivity index (χ2v) is 8.56. The maximum atomic E-state index is 13.5. The number of carbonyl (C=O) groups excluding carboxylic acids is 2. The van der Waals surface area contributed by atoms with Crippen LogP contribution in [0.2, 0.25) is 0 Å². The van der Waals surface area contributed by atoms with Gasteiger partial charge in [0, 0.05) is 37.4 Å². The topological polar surface area (TPSA) is 61.9 Å². The number of rotatable bonds is 11. The van der Waals surface area contributed by atoms with Crippen molar-refractivity contribution in [3.8, 4) is 0 Å². The van der Waals surface area contributed by atoms with Gasteiger partial charge in [-0.15, -0.1) is 11.3 Å². The zero-order chi connectivity index (χ0) is 23.5. The van der Waals surface area contributed by atoms with Gasteiger partial charge < -0.3 is 19.9 Å². The van der Waals surface area contributed by atoms with E-state index in [2.05, 4.69) is 5.32 Å². The number of nitrogens with zero attached hydrogens (tertiary/aromatic N) is 2. The van der Waals surface area contributed by atoms with E-state index in [-0.39, 0.29) is 12.5 Å². The summed E-state index contributed by atoms with van der Waals surface area (Å²) in [7, 11) is 1.59. The van der Waals surface area contributed by atoms with E-state index in [1.165, 1.54) is 23.1 Å². The van der Waals surface area contributed by atoms with E-state index in [1.54, 1.807) is 29.4 Å². The number of hydrogen-bond acceptors (Lipinski definition) is 4. The van der Waals surface area contributed by atoms with Crippen LogP contribution in [0, 0.1) is 5.82 Å². The molecular formula is C25H28FN3O3S. The fourth-order valence-corrected chi connectivity index (χ4v) is 4.03. The molecule has 3 rings (SSSR count). The quantitative estimate of drug-likeness (QED) is 0.403. The Balaban J connectivity index is 1.73. The van der Waals surface area contributed by atoms with Crippen molar-refractivity contribution in [3.05, 3.63) is 88.4 Å². The van der Waals surface area contributed by atoms with E-state index >= 15 is 0 Å². The molecule has 1 heterocycles. The first-order chi connectivity index (χ1) is 16.0. The molecular weight excluding hydrogens is 441 g/mol. The number of methoxy groups -OCH3 is 1. The summed E-state index contributed by atoms with van der Waals surface area (Å²) in [6.45, 7) is 1.60. The maximum Gasteiger partial charge on any atom is 0.322 e. The van der Waals surface area contributed by atoms with Crippen molar-refractivity contribution >= 4 is 29.0 Å². The van der Waals surface area contributed by atoms with E-state index < -0.39 is 11.8 Å². The van der Waals surface area contributed by atoms with Gasteiger partial charge in [0.2, 0.25) is 5.91 Å². The van der Waals surface area contributed by atoms with Crippen LogP contribution >= 0.6 is 11.3 Å².